The maximum Gasteiger partial charge on any atom is 0.278 e. The number of benzene rings is 1. The van der Waals surface area contributed by atoms with E-state index in [1.54, 1.807) is 38.1 Å². The van der Waals surface area contributed by atoms with Crippen molar-refractivity contribution in [2.24, 2.45) is 5.92 Å². The van der Waals surface area contributed by atoms with E-state index < -0.39 is 15.9 Å². The molecule has 2 aromatic rings. The predicted octanol–water partition coefficient (Wildman–Crippen LogP) is 3.26. The van der Waals surface area contributed by atoms with Crippen LogP contribution in [0.4, 0.5) is 0 Å². The molecule has 0 saturated carbocycles. The largest absolute Gasteiger partial charge is 0.278 e. The first-order chi connectivity index (χ1) is 12.2. The Bertz CT molecular complexity index is 945. The highest BCUT2D eigenvalue weighted by molar-refractivity contribution is 7.89. The Hall–Kier alpha value is -1.70. The van der Waals surface area contributed by atoms with Crippen molar-refractivity contribution in [3.8, 4) is 0 Å². The van der Waals surface area contributed by atoms with Gasteiger partial charge in [-0.1, -0.05) is 24.6 Å². The summed E-state index contributed by atoms with van der Waals surface area (Å²) in [6.07, 6.45) is 1.68. The fourth-order valence-corrected chi connectivity index (χ4v) is 5.31. The van der Waals surface area contributed by atoms with Crippen LogP contribution >= 0.6 is 11.6 Å². The fourth-order valence-electron chi connectivity index (χ4n) is 3.30. The first-order valence-electron chi connectivity index (χ1n) is 8.58. The van der Waals surface area contributed by atoms with E-state index in [1.165, 1.54) is 4.31 Å². The summed E-state index contributed by atoms with van der Waals surface area (Å²) in [5, 5.41) is 4.65. The van der Waals surface area contributed by atoms with Gasteiger partial charge in [-0.15, -0.1) is 0 Å². The maximum atomic E-state index is 13.1. The van der Waals surface area contributed by atoms with Crippen molar-refractivity contribution in [3.63, 3.8) is 0 Å². The van der Waals surface area contributed by atoms with Gasteiger partial charge in [0, 0.05) is 23.7 Å². The minimum Gasteiger partial charge on any atom is -0.267 e. The van der Waals surface area contributed by atoms with Crippen LogP contribution < -0.4 is 0 Å². The molecule has 1 aromatic carbocycles. The molecular formula is C18H22ClN3O3S. The van der Waals surface area contributed by atoms with Crippen LogP contribution in [0, 0.1) is 19.8 Å². The van der Waals surface area contributed by atoms with Crippen LogP contribution in [-0.4, -0.2) is 41.5 Å². The molecule has 1 fully saturated rings. The first kappa shape index (κ1) is 19.1. The van der Waals surface area contributed by atoms with Crippen LogP contribution in [0.3, 0.4) is 0 Å². The molecule has 1 aliphatic heterocycles. The summed E-state index contributed by atoms with van der Waals surface area (Å²) in [6.45, 7) is 6.35. The number of carbonyl (C=O) groups excluding carboxylic acids is 1. The Morgan fingerprint density at radius 3 is 2.50 bits per heavy atom. The molecule has 2 heterocycles. The molecule has 0 N–H and O–H groups in total. The van der Waals surface area contributed by atoms with Gasteiger partial charge in [0.15, 0.2) is 0 Å². The second-order valence-corrected chi connectivity index (χ2v) is 9.13. The lowest BCUT2D eigenvalue weighted by Gasteiger charge is -2.29. The molecule has 0 aliphatic carbocycles. The van der Waals surface area contributed by atoms with Gasteiger partial charge in [0.2, 0.25) is 10.0 Å². The summed E-state index contributed by atoms with van der Waals surface area (Å²) in [7, 11) is -3.68. The van der Waals surface area contributed by atoms with Crippen LogP contribution in [-0.2, 0) is 10.0 Å². The van der Waals surface area contributed by atoms with Gasteiger partial charge in [-0.05, 0) is 50.8 Å². The lowest BCUT2D eigenvalue weighted by Crippen LogP contribution is -2.38. The number of hydrogen-bond donors (Lipinski definition) is 0. The minimum atomic E-state index is -3.68. The highest BCUT2D eigenvalue weighted by atomic mass is 35.5. The number of aryl methyl sites for hydroxylation is 1. The van der Waals surface area contributed by atoms with Crippen molar-refractivity contribution in [2.45, 2.75) is 38.5 Å². The average molecular weight is 396 g/mol. The summed E-state index contributed by atoms with van der Waals surface area (Å²) < 4.78 is 28.9. The lowest BCUT2D eigenvalue weighted by atomic mass is 10.0. The molecule has 1 saturated heterocycles. The average Bonchev–Trinajstić information content (AvgIpc) is 2.89. The zero-order valence-corrected chi connectivity index (χ0v) is 16.6. The Morgan fingerprint density at radius 2 is 1.88 bits per heavy atom. The highest BCUT2D eigenvalue weighted by Crippen LogP contribution is 2.28. The van der Waals surface area contributed by atoms with Gasteiger partial charge in [-0.25, -0.2) is 8.42 Å². The van der Waals surface area contributed by atoms with Crippen molar-refractivity contribution >= 4 is 27.5 Å². The van der Waals surface area contributed by atoms with Crippen LogP contribution in [0.5, 0.6) is 0 Å². The van der Waals surface area contributed by atoms with E-state index in [4.69, 9.17) is 11.6 Å². The summed E-state index contributed by atoms with van der Waals surface area (Å²) in [4.78, 5) is 12.9. The van der Waals surface area contributed by atoms with Crippen LogP contribution in [0.15, 0.2) is 29.2 Å². The standard InChI is InChI=1S/C18H22ClN3O3S/c1-12-7-9-21(10-8-12)26(24,25)17-13(2)20-22(14(17)3)18(23)15-5-4-6-16(19)11-15/h4-6,11-12H,7-10H2,1-3H3. The van der Waals surface area contributed by atoms with Crippen molar-refractivity contribution in [1.29, 1.82) is 0 Å². The summed E-state index contributed by atoms with van der Waals surface area (Å²) >= 11 is 5.95. The molecule has 1 aromatic heterocycles. The second-order valence-electron chi connectivity index (χ2n) is 6.81. The van der Waals surface area contributed by atoms with Gasteiger partial charge in [0.25, 0.3) is 5.91 Å². The SMILES string of the molecule is Cc1nn(C(=O)c2cccc(Cl)c2)c(C)c1S(=O)(=O)N1CCC(C)CC1. The molecule has 1 aliphatic rings. The third-order valence-corrected chi connectivity index (χ3v) is 7.22. The molecule has 140 valence electrons. The molecule has 3 rings (SSSR count). The van der Waals surface area contributed by atoms with E-state index in [2.05, 4.69) is 12.0 Å². The predicted molar refractivity (Wildman–Crippen MR) is 100 cm³/mol. The highest BCUT2D eigenvalue weighted by Gasteiger charge is 2.34. The number of rotatable bonds is 3. The second kappa shape index (κ2) is 7.13. The Labute approximate surface area is 158 Å². The number of sulfonamides is 1. The van der Waals surface area contributed by atoms with Gasteiger partial charge >= 0.3 is 0 Å². The quantitative estimate of drug-likeness (QED) is 0.799. The van der Waals surface area contributed by atoms with E-state index in [9.17, 15) is 13.2 Å². The molecule has 0 spiro atoms. The van der Waals surface area contributed by atoms with Crippen LogP contribution in [0.2, 0.25) is 5.02 Å². The zero-order chi connectivity index (χ0) is 19.1. The Balaban J connectivity index is 1.99. The molecule has 6 nitrogen and oxygen atoms in total. The van der Waals surface area contributed by atoms with Gasteiger partial charge in [-0.3, -0.25) is 4.79 Å². The molecule has 0 unspecified atom stereocenters. The van der Waals surface area contributed by atoms with Crippen LogP contribution in [0.1, 0.15) is 41.5 Å². The van der Waals surface area contributed by atoms with Crippen molar-refractivity contribution in [2.75, 3.05) is 13.1 Å². The van der Waals surface area contributed by atoms with E-state index in [0.29, 0.717) is 41.0 Å². The first-order valence-corrected chi connectivity index (χ1v) is 10.4. The third kappa shape index (κ3) is 3.43. The molecular weight excluding hydrogens is 374 g/mol. The number of piperidine rings is 1. The number of nitrogens with zero attached hydrogens (tertiary/aromatic N) is 3. The Kier molecular flexibility index (Phi) is 5.23. The van der Waals surface area contributed by atoms with Gasteiger partial charge in [0.1, 0.15) is 4.90 Å². The Morgan fingerprint density at radius 1 is 1.23 bits per heavy atom. The molecule has 0 atom stereocenters. The van der Waals surface area contributed by atoms with Gasteiger partial charge in [-0.2, -0.15) is 14.1 Å². The van der Waals surface area contributed by atoms with Crippen LogP contribution in [0.25, 0.3) is 0 Å². The molecule has 8 heteroatoms. The molecule has 0 radical (unpaired) electrons. The smallest absolute Gasteiger partial charge is 0.267 e. The minimum absolute atomic E-state index is 0.127. The molecule has 26 heavy (non-hydrogen) atoms. The zero-order valence-electron chi connectivity index (χ0n) is 15.1. The third-order valence-electron chi connectivity index (χ3n) is 4.83. The van der Waals surface area contributed by atoms with Crippen molar-refractivity contribution in [3.05, 3.63) is 46.2 Å². The van der Waals surface area contributed by atoms with E-state index in [-0.39, 0.29) is 4.90 Å². The maximum absolute atomic E-state index is 13.1. The van der Waals surface area contributed by atoms with Gasteiger partial charge < -0.3 is 0 Å². The molecule has 0 bridgehead atoms. The van der Waals surface area contributed by atoms with Crippen molar-refractivity contribution in [1.82, 2.24) is 14.1 Å². The number of halogens is 1. The van der Waals surface area contributed by atoms with Gasteiger partial charge in [0.05, 0.1) is 11.4 Å². The van der Waals surface area contributed by atoms with E-state index >= 15 is 0 Å². The topological polar surface area (TPSA) is 72.3 Å². The molecule has 0 amide bonds. The number of hydrogen-bond acceptors (Lipinski definition) is 4. The normalized spacial score (nSPS) is 16.8. The number of aromatic nitrogens is 2. The lowest BCUT2D eigenvalue weighted by molar-refractivity contribution is 0.0942. The van der Waals surface area contributed by atoms with E-state index in [0.717, 1.165) is 17.5 Å². The summed E-state index contributed by atoms with van der Waals surface area (Å²) in [5.41, 5.74) is 1.02. The van der Waals surface area contributed by atoms with Crippen molar-refractivity contribution < 1.29 is 13.2 Å². The summed E-state index contributed by atoms with van der Waals surface area (Å²) in [5.74, 6) is 0.123. The van der Waals surface area contributed by atoms with E-state index in [1.807, 2.05) is 0 Å². The monoisotopic (exact) mass is 395 g/mol. The summed E-state index contributed by atoms with van der Waals surface area (Å²) in [6, 6.07) is 6.52. The fraction of sp³-hybridized carbons (Fsp3) is 0.444. The number of carbonyl (C=O) groups is 1.